The molecule has 36 heavy (non-hydrogen) atoms. The minimum absolute atomic E-state index is 0.180. The zero-order valence-electron chi connectivity index (χ0n) is 19.6. The van der Waals surface area contributed by atoms with E-state index in [1.165, 1.54) is 4.90 Å². The summed E-state index contributed by atoms with van der Waals surface area (Å²) in [6.45, 7) is 5.68. The predicted octanol–water partition coefficient (Wildman–Crippen LogP) is 6.42. The van der Waals surface area contributed by atoms with E-state index in [1.807, 2.05) is 54.1 Å². The van der Waals surface area contributed by atoms with E-state index in [4.69, 9.17) is 23.2 Å². The topological polar surface area (TPSA) is 67.2 Å². The van der Waals surface area contributed by atoms with Gasteiger partial charge in [0.25, 0.3) is 5.91 Å². The van der Waals surface area contributed by atoms with Crippen LogP contribution in [-0.2, 0) is 4.79 Å². The molecule has 2 amide bonds. The molecule has 1 N–H and O–H groups in total. The maximum atomic E-state index is 13.1. The van der Waals surface area contributed by atoms with Gasteiger partial charge >= 0.3 is 0 Å². The van der Waals surface area contributed by atoms with Crippen LogP contribution in [0, 0.1) is 6.92 Å². The van der Waals surface area contributed by atoms with E-state index in [0.717, 1.165) is 16.8 Å². The normalized spacial score (nSPS) is 10.6. The summed E-state index contributed by atoms with van der Waals surface area (Å²) >= 11 is 12.2. The second-order valence-electron chi connectivity index (χ2n) is 8.17. The Balaban J connectivity index is 1.63. The first kappa shape index (κ1) is 25.2. The van der Waals surface area contributed by atoms with Crippen LogP contribution in [0.15, 0.2) is 91.6 Å². The molecule has 182 valence electrons. The zero-order valence-corrected chi connectivity index (χ0v) is 21.1. The standard InChI is InChI=1S/C28H24Cl2N4O2/c1-3-15-33(27(36)23-9-4-5-10-24(23)30)18-26(35)32-28-31-25(20-11-13-21(29)14-12-20)17-34(28)22-8-6-7-19(2)16-22/h3-14,16-17H,1,15,18H2,2H3,(H,31,32,35). The van der Waals surface area contributed by atoms with E-state index in [1.54, 1.807) is 42.5 Å². The van der Waals surface area contributed by atoms with E-state index < -0.39 is 5.91 Å². The summed E-state index contributed by atoms with van der Waals surface area (Å²) in [4.78, 5) is 32.2. The fourth-order valence-corrected chi connectivity index (χ4v) is 4.06. The predicted molar refractivity (Wildman–Crippen MR) is 145 cm³/mol. The van der Waals surface area contributed by atoms with Gasteiger partial charge in [-0.2, -0.15) is 0 Å². The number of anilines is 1. The van der Waals surface area contributed by atoms with Crippen LogP contribution in [0.1, 0.15) is 15.9 Å². The first-order chi connectivity index (χ1) is 17.4. The number of amides is 2. The molecule has 0 aliphatic heterocycles. The highest BCUT2D eigenvalue weighted by molar-refractivity contribution is 6.33. The van der Waals surface area contributed by atoms with Crippen molar-refractivity contribution in [2.24, 2.45) is 0 Å². The van der Waals surface area contributed by atoms with E-state index >= 15 is 0 Å². The summed E-state index contributed by atoms with van der Waals surface area (Å²) in [6.07, 6.45) is 3.42. The summed E-state index contributed by atoms with van der Waals surface area (Å²) < 4.78 is 1.81. The van der Waals surface area contributed by atoms with Gasteiger partial charge in [-0.1, -0.05) is 65.7 Å². The lowest BCUT2D eigenvalue weighted by Gasteiger charge is -2.21. The third-order valence-corrected chi connectivity index (χ3v) is 6.03. The molecule has 4 rings (SSSR count). The molecule has 0 fully saturated rings. The fourth-order valence-electron chi connectivity index (χ4n) is 3.72. The Bertz CT molecular complexity index is 1410. The number of hydrogen-bond donors (Lipinski definition) is 1. The van der Waals surface area contributed by atoms with Crippen LogP contribution < -0.4 is 5.32 Å². The molecule has 0 saturated heterocycles. The molecule has 4 aromatic rings. The summed E-state index contributed by atoms with van der Waals surface area (Å²) in [6, 6.07) is 21.9. The highest BCUT2D eigenvalue weighted by Gasteiger charge is 2.21. The maximum Gasteiger partial charge on any atom is 0.256 e. The van der Waals surface area contributed by atoms with E-state index in [2.05, 4.69) is 16.9 Å². The van der Waals surface area contributed by atoms with Gasteiger partial charge in [0.1, 0.15) is 6.54 Å². The Morgan fingerprint density at radius 2 is 1.81 bits per heavy atom. The van der Waals surface area contributed by atoms with Crippen LogP contribution in [0.2, 0.25) is 10.0 Å². The van der Waals surface area contributed by atoms with Crippen molar-refractivity contribution < 1.29 is 9.59 Å². The van der Waals surface area contributed by atoms with Crippen molar-refractivity contribution >= 4 is 41.0 Å². The Labute approximate surface area is 219 Å². The minimum Gasteiger partial charge on any atom is -0.326 e. The molecule has 0 radical (unpaired) electrons. The molecular formula is C28H24Cl2N4O2. The van der Waals surface area contributed by atoms with E-state index in [-0.39, 0.29) is 19.0 Å². The van der Waals surface area contributed by atoms with Gasteiger partial charge in [0.2, 0.25) is 11.9 Å². The van der Waals surface area contributed by atoms with Gasteiger partial charge in [-0.25, -0.2) is 4.98 Å². The molecule has 0 bridgehead atoms. The average Bonchev–Trinajstić information content (AvgIpc) is 3.27. The second-order valence-corrected chi connectivity index (χ2v) is 9.01. The highest BCUT2D eigenvalue weighted by Crippen LogP contribution is 2.26. The molecule has 6 nitrogen and oxygen atoms in total. The number of hydrogen-bond acceptors (Lipinski definition) is 3. The lowest BCUT2D eigenvalue weighted by atomic mass is 10.2. The van der Waals surface area contributed by atoms with Crippen molar-refractivity contribution in [1.29, 1.82) is 0 Å². The largest absolute Gasteiger partial charge is 0.326 e. The van der Waals surface area contributed by atoms with Crippen LogP contribution in [0.25, 0.3) is 16.9 Å². The number of carbonyl (C=O) groups excluding carboxylic acids is 2. The van der Waals surface area contributed by atoms with Crippen LogP contribution in [0.3, 0.4) is 0 Å². The third-order valence-electron chi connectivity index (χ3n) is 5.45. The quantitative estimate of drug-likeness (QED) is 0.273. The summed E-state index contributed by atoms with van der Waals surface area (Å²) in [5, 5.41) is 3.81. The Morgan fingerprint density at radius 1 is 1.06 bits per heavy atom. The Kier molecular flexibility index (Phi) is 7.88. The maximum absolute atomic E-state index is 13.1. The fraction of sp³-hybridized carbons (Fsp3) is 0.107. The SMILES string of the molecule is C=CCN(CC(=O)Nc1nc(-c2ccc(Cl)cc2)cn1-c1cccc(C)c1)C(=O)c1ccccc1Cl. The number of aromatic nitrogens is 2. The molecule has 0 atom stereocenters. The molecule has 0 saturated carbocycles. The second kappa shape index (κ2) is 11.2. The number of rotatable bonds is 8. The van der Waals surface area contributed by atoms with Gasteiger partial charge in [-0.3, -0.25) is 19.5 Å². The average molecular weight is 519 g/mol. The van der Waals surface area contributed by atoms with Crippen LogP contribution in [-0.4, -0.2) is 39.4 Å². The number of halogens is 2. The first-order valence-electron chi connectivity index (χ1n) is 11.2. The van der Waals surface area contributed by atoms with Gasteiger partial charge in [0, 0.05) is 29.0 Å². The van der Waals surface area contributed by atoms with Gasteiger partial charge in [-0.05, 0) is 48.9 Å². The molecular weight excluding hydrogens is 495 g/mol. The molecule has 1 aromatic heterocycles. The third kappa shape index (κ3) is 5.85. The molecule has 8 heteroatoms. The lowest BCUT2D eigenvalue weighted by molar-refractivity contribution is -0.116. The monoisotopic (exact) mass is 518 g/mol. The lowest BCUT2D eigenvalue weighted by Crippen LogP contribution is -2.38. The number of benzene rings is 3. The van der Waals surface area contributed by atoms with Crippen molar-refractivity contribution in [3.05, 3.63) is 113 Å². The molecule has 0 aliphatic carbocycles. The molecule has 0 unspecified atom stereocenters. The van der Waals surface area contributed by atoms with Crippen molar-refractivity contribution in [3.8, 4) is 16.9 Å². The molecule has 0 spiro atoms. The van der Waals surface area contributed by atoms with Gasteiger partial charge in [-0.15, -0.1) is 6.58 Å². The highest BCUT2D eigenvalue weighted by atomic mass is 35.5. The number of nitrogens with one attached hydrogen (secondary N) is 1. The van der Waals surface area contributed by atoms with Crippen molar-refractivity contribution in [3.63, 3.8) is 0 Å². The summed E-state index contributed by atoms with van der Waals surface area (Å²) in [7, 11) is 0. The van der Waals surface area contributed by atoms with Gasteiger partial charge in [0.15, 0.2) is 0 Å². The smallest absolute Gasteiger partial charge is 0.256 e. The van der Waals surface area contributed by atoms with Crippen molar-refractivity contribution in [1.82, 2.24) is 14.5 Å². The number of carbonyl (C=O) groups is 2. The number of imidazole rings is 1. The van der Waals surface area contributed by atoms with Gasteiger partial charge in [0.05, 0.1) is 16.3 Å². The molecule has 0 aliphatic rings. The van der Waals surface area contributed by atoms with Crippen molar-refractivity contribution in [2.75, 3.05) is 18.4 Å². The van der Waals surface area contributed by atoms with E-state index in [0.29, 0.717) is 27.3 Å². The van der Waals surface area contributed by atoms with Crippen molar-refractivity contribution in [2.45, 2.75) is 6.92 Å². The number of aryl methyl sites for hydroxylation is 1. The number of nitrogens with zero attached hydrogens (tertiary/aromatic N) is 3. The van der Waals surface area contributed by atoms with Crippen LogP contribution in [0.5, 0.6) is 0 Å². The van der Waals surface area contributed by atoms with Gasteiger partial charge < -0.3 is 4.90 Å². The summed E-state index contributed by atoms with van der Waals surface area (Å²) in [5.74, 6) is -0.432. The molecule has 1 heterocycles. The Hall–Kier alpha value is -3.87. The zero-order chi connectivity index (χ0) is 25.7. The van der Waals surface area contributed by atoms with Crippen LogP contribution in [0.4, 0.5) is 5.95 Å². The first-order valence-corrected chi connectivity index (χ1v) is 12.0. The minimum atomic E-state index is -0.403. The van der Waals surface area contributed by atoms with E-state index in [9.17, 15) is 9.59 Å². The molecule has 3 aromatic carbocycles. The summed E-state index contributed by atoms with van der Waals surface area (Å²) in [5.41, 5.74) is 3.74. The van der Waals surface area contributed by atoms with Crippen LogP contribution >= 0.6 is 23.2 Å². The Morgan fingerprint density at radius 3 is 2.50 bits per heavy atom.